The van der Waals surface area contributed by atoms with Crippen LogP contribution in [-0.2, 0) is 5.88 Å². The minimum Gasteiger partial charge on any atom is -0.460 e. The lowest BCUT2D eigenvalue weighted by Crippen LogP contribution is -1.69. The van der Waals surface area contributed by atoms with Crippen LogP contribution in [0.4, 0.5) is 0 Å². The van der Waals surface area contributed by atoms with Crippen molar-refractivity contribution < 1.29 is 4.42 Å². The largest absolute Gasteiger partial charge is 0.460 e. The molecule has 0 radical (unpaired) electrons. The van der Waals surface area contributed by atoms with Crippen LogP contribution >= 0.6 is 11.6 Å². The highest BCUT2D eigenvalue weighted by Crippen LogP contribution is 2.23. The number of hydrogen-bond acceptors (Lipinski definition) is 1. The van der Waals surface area contributed by atoms with Crippen LogP contribution in [0.1, 0.15) is 11.3 Å². The summed E-state index contributed by atoms with van der Waals surface area (Å²) in [6.45, 7) is 2.07. The van der Waals surface area contributed by atoms with Crippen molar-refractivity contribution in [1.82, 2.24) is 0 Å². The van der Waals surface area contributed by atoms with E-state index in [1.165, 1.54) is 5.56 Å². The van der Waals surface area contributed by atoms with Gasteiger partial charge in [-0.15, -0.1) is 11.6 Å². The van der Waals surface area contributed by atoms with Crippen LogP contribution in [0.25, 0.3) is 11.0 Å². The Morgan fingerprint density at radius 3 is 2.92 bits per heavy atom. The summed E-state index contributed by atoms with van der Waals surface area (Å²) in [5.74, 6) is 1.27. The molecule has 0 amide bonds. The van der Waals surface area contributed by atoms with Crippen LogP contribution in [0.5, 0.6) is 0 Å². The van der Waals surface area contributed by atoms with Crippen LogP contribution in [0.15, 0.2) is 28.7 Å². The van der Waals surface area contributed by atoms with Gasteiger partial charge in [0.25, 0.3) is 0 Å². The maximum atomic E-state index is 5.66. The molecule has 62 valence electrons. The Kier molecular flexibility index (Phi) is 1.81. The summed E-state index contributed by atoms with van der Waals surface area (Å²) in [7, 11) is 0. The fraction of sp³-hybridized carbons (Fsp3) is 0.200. The SMILES string of the molecule is Cc1cccc2oc(CCl)cc12. The van der Waals surface area contributed by atoms with Crippen LogP contribution in [0, 0.1) is 6.92 Å². The van der Waals surface area contributed by atoms with Gasteiger partial charge in [0.2, 0.25) is 0 Å². The minimum absolute atomic E-state index is 0.439. The first-order chi connectivity index (χ1) is 5.81. The minimum atomic E-state index is 0.439. The lowest BCUT2D eigenvalue weighted by Gasteiger charge is -1.90. The molecule has 0 aliphatic rings. The highest BCUT2D eigenvalue weighted by atomic mass is 35.5. The summed E-state index contributed by atoms with van der Waals surface area (Å²) in [6.07, 6.45) is 0. The molecule has 0 aliphatic heterocycles. The third kappa shape index (κ3) is 1.10. The highest BCUT2D eigenvalue weighted by Gasteiger charge is 2.03. The van der Waals surface area contributed by atoms with Crippen molar-refractivity contribution in [2.45, 2.75) is 12.8 Å². The van der Waals surface area contributed by atoms with Gasteiger partial charge in [0, 0.05) is 5.39 Å². The topological polar surface area (TPSA) is 13.1 Å². The molecule has 0 aliphatic carbocycles. The second kappa shape index (κ2) is 2.83. The monoisotopic (exact) mass is 180 g/mol. The number of alkyl halides is 1. The van der Waals surface area contributed by atoms with Crippen molar-refractivity contribution >= 4 is 22.6 Å². The molecule has 1 heterocycles. The Labute approximate surface area is 75.9 Å². The van der Waals surface area contributed by atoms with E-state index in [2.05, 4.69) is 13.0 Å². The molecule has 0 atom stereocenters. The average molecular weight is 181 g/mol. The van der Waals surface area contributed by atoms with Gasteiger partial charge >= 0.3 is 0 Å². The van der Waals surface area contributed by atoms with Crippen molar-refractivity contribution in [3.8, 4) is 0 Å². The third-order valence-corrected chi connectivity index (χ3v) is 2.23. The molecule has 0 N–H and O–H groups in total. The first kappa shape index (κ1) is 7.69. The van der Waals surface area contributed by atoms with Gasteiger partial charge in [-0.1, -0.05) is 12.1 Å². The van der Waals surface area contributed by atoms with Gasteiger partial charge in [-0.3, -0.25) is 0 Å². The van der Waals surface area contributed by atoms with E-state index in [0.29, 0.717) is 5.88 Å². The van der Waals surface area contributed by atoms with Gasteiger partial charge in [-0.2, -0.15) is 0 Å². The number of halogens is 1. The summed E-state index contributed by atoms with van der Waals surface area (Å²) in [5, 5.41) is 1.16. The Morgan fingerprint density at radius 2 is 2.25 bits per heavy atom. The molecular weight excluding hydrogens is 172 g/mol. The maximum absolute atomic E-state index is 5.66. The Morgan fingerprint density at radius 1 is 1.42 bits per heavy atom. The van der Waals surface area contributed by atoms with Crippen molar-refractivity contribution in [2.75, 3.05) is 0 Å². The van der Waals surface area contributed by atoms with Gasteiger partial charge < -0.3 is 4.42 Å². The Hall–Kier alpha value is -0.950. The molecule has 0 fully saturated rings. The summed E-state index contributed by atoms with van der Waals surface area (Å²) < 4.78 is 5.47. The molecule has 1 aromatic carbocycles. The average Bonchev–Trinajstić information content (AvgIpc) is 2.49. The van der Waals surface area contributed by atoms with Crippen molar-refractivity contribution in [3.63, 3.8) is 0 Å². The highest BCUT2D eigenvalue weighted by molar-refractivity contribution is 6.17. The Bertz CT molecular complexity index is 403. The summed E-state index contributed by atoms with van der Waals surface area (Å²) in [5.41, 5.74) is 2.15. The summed E-state index contributed by atoms with van der Waals surface area (Å²) >= 11 is 5.66. The van der Waals surface area contributed by atoms with Crippen molar-refractivity contribution in [1.29, 1.82) is 0 Å². The van der Waals surface area contributed by atoms with E-state index in [1.807, 2.05) is 18.2 Å². The predicted molar refractivity (Wildman–Crippen MR) is 50.5 cm³/mol. The van der Waals surface area contributed by atoms with E-state index in [1.54, 1.807) is 0 Å². The fourth-order valence-corrected chi connectivity index (χ4v) is 1.46. The lowest BCUT2D eigenvalue weighted by molar-refractivity contribution is 0.573. The zero-order chi connectivity index (χ0) is 8.55. The molecule has 2 heteroatoms. The van der Waals surface area contributed by atoms with Gasteiger partial charge in [0.15, 0.2) is 0 Å². The number of hydrogen-bond donors (Lipinski definition) is 0. The van der Waals surface area contributed by atoms with Crippen LogP contribution in [-0.4, -0.2) is 0 Å². The first-order valence-corrected chi connectivity index (χ1v) is 4.38. The van der Waals surface area contributed by atoms with E-state index in [0.717, 1.165) is 16.7 Å². The standard InChI is InChI=1S/C10H9ClO/c1-7-3-2-4-10-9(7)5-8(6-11)12-10/h2-5H,6H2,1H3. The zero-order valence-electron chi connectivity index (χ0n) is 6.80. The molecule has 0 unspecified atom stereocenters. The van der Waals surface area contributed by atoms with E-state index in [4.69, 9.17) is 16.0 Å². The van der Waals surface area contributed by atoms with Crippen molar-refractivity contribution in [2.24, 2.45) is 0 Å². The lowest BCUT2D eigenvalue weighted by atomic mass is 10.1. The molecule has 2 aromatic rings. The number of rotatable bonds is 1. The fourth-order valence-electron chi connectivity index (χ4n) is 1.33. The van der Waals surface area contributed by atoms with E-state index < -0.39 is 0 Å². The quantitative estimate of drug-likeness (QED) is 0.613. The molecule has 0 bridgehead atoms. The number of furan rings is 1. The van der Waals surface area contributed by atoms with Gasteiger partial charge in [-0.25, -0.2) is 0 Å². The molecule has 2 rings (SSSR count). The molecule has 0 spiro atoms. The third-order valence-electron chi connectivity index (χ3n) is 1.96. The smallest absolute Gasteiger partial charge is 0.134 e. The summed E-state index contributed by atoms with van der Waals surface area (Å²) in [6, 6.07) is 8.01. The van der Waals surface area contributed by atoms with E-state index >= 15 is 0 Å². The zero-order valence-corrected chi connectivity index (χ0v) is 7.56. The molecule has 12 heavy (non-hydrogen) atoms. The maximum Gasteiger partial charge on any atom is 0.134 e. The van der Waals surface area contributed by atoms with Crippen LogP contribution < -0.4 is 0 Å². The van der Waals surface area contributed by atoms with Crippen LogP contribution in [0.3, 0.4) is 0 Å². The van der Waals surface area contributed by atoms with Crippen molar-refractivity contribution in [3.05, 3.63) is 35.6 Å². The number of fused-ring (bicyclic) bond motifs is 1. The van der Waals surface area contributed by atoms with Gasteiger partial charge in [0.05, 0.1) is 5.88 Å². The van der Waals surface area contributed by atoms with E-state index in [-0.39, 0.29) is 0 Å². The Balaban J connectivity index is 2.74. The molecular formula is C10H9ClO. The molecule has 1 nitrogen and oxygen atoms in total. The molecule has 1 aromatic heterocycles. The molecule has 0 saturated heterocycles. The van der Waals surface area contributed by atoms with Gasteiger partial charge in [0.1, 0.15) is 11.3 Å². The number of benzene rings is 1. The van der Waals surface area contributed by atoms with Crippen LogP contribution in [0.2, 0.25) is 0 Å². The normalized spacial score (nSPS) is 10.8. The second-order valence-corrected chi connectivity index (χ2v) is 3.10. The van der Waals surface area contributed by atoms with E-state index in [9.17, 15) is 0 Å². The second-order valence-electron chi connectivity index (χ2n) is 2.83. The molecule has 0 saturated carbocycles. The van der Waals surface area contributed by atoms with Gasteiger partial charge in [-0.05, 0) is 24.6 Å². The first-order valence-electron chi connectivity index (χ1n) is 3.85. The predicted octanol–water partition coefficient (Wildman–Crippen LogP) is 3.48. The number of aryl methyl sites for hydroxylation is 1. The summed E-state index contributed by atoms with van der Waals surface area (Å²) in [4.78, 5) is 0.